The van der Waals surface area contributed by atoms with E-state index in [9.17, 15) is 8.42 Å². The topological polar surface area (TPSA) is 63.4 Å². The van der Waals surface area contributed by atoms with Gasteiger partial charge in [0.25, 0.3) is 10.0 Å². The highest BCUT2D eigenvalue weighted by molar-refractivity contribution is 7.93. The Kier molecular flexibility index (Phi) is 3.96. The number of anilines is 2. The summed E-state index contributed by atoms with van der Waals surface area (Å²) in [6, 6.07) is 10.8. The van der Waals surface area contributed by atoms with Gasteiger partial charge >= 0.3 is 0 Å². The molecule has 0 aromatic heterocycles. The van der Waals surface area contributed by atoms with Crippen LogP contribution in [0.2, 0.25) is 0 Å². The van der Waals surface area contributed by atoms with Crippen molar-refractivity contribution in [3.05, 3.63) is 53.1 Å². The zero-order valence-electron chi connectivity index (χ0n) is 12.7. The Morgan fingerprint density at radius 3 is 2.14 bits per heavy atom. The first-order valence-corrected chi connectivity index (χ1v) is 8.11. The van der Waals surface area contributed by atoms with Crippen molar-refractivity contribution < 1.29 is 8.42 Å². The van der Waals surface area contributed by atoms with Crippen molar-refractivity contribution >= 4 is 21.4 Å². The number of rotatable bonds is 3. The van der Waals surface area contributed by atoms with Gasteiger partial charge < -0.3 is 5.73 Å². The van der Waals surface area contributed by atoms with Crippen LogP contribution in [0.15, 0.2) is 41.3 Å². The lowest BCUT2D eigenvalue weighted by molar-refractivity contribution is 0.593. The minimum Gasteiger partial charge on any atom is -0.398 e. The molecule has 0 spiro atoms. The van der Waals surface area contributed by atoms with Crippen molar-refractivity contribution in [2.75, 3.05) is 17.1 Å². The van der Waals surface area contributed by atoms with Crippen LogP contribution >= 0.6 is 0 Å². The van der Waals surface area contributed by atoms with Gasteiger partial charge in [-0.2, -0.15) is 0 Å². The van der Waals surface area contributed by atoms with Crippen LogP contribution in [-0.2, 0) is 10.0 Å². The zero-order valence-corrected chi connectivity index (χ0v) is 13.5. The summed E-state index contributed by atoms with van der Waals surface area (Å²) in [5.74, 6) is 0. The van der Waals surface area contributed by atoms with E-state index < -0.39 is 10.0 Å². The Hall–Kier alpha value is -2.01. The number of hydrogen-bond donors (Lipinski definition) is 1. The third-order valence-electron chi connectivity index (χ3n) is 3.70. The normalized spacial score (nSPS) is 11.4. The summed E-state index contributed by atoms with van der Waals surface area (Å²) in [5.41, 5.74) is 9.36. The molecule has 0 aliphatic rings. The Balaban J connectivity index is 2.63. The van der Waals surface area contributed by atoms with E-state index >= 15 is 0 Å². The molecule has 0 saturated carbocycles. The van der Waals surface area contributed by atoms with Gasteiger partial charge in [0.1, 0.15) is 0 Å². The Morgan fingerprint density at radius 1 is 1.00 bits per heavy atom. The van der Waals surface area contributed by atoms with E-state index in [1.165, 1.54) is 4.31 Å². The van der Waals surface area contributed by atoms with E-state index in [1.54, 1.807) is 33.0 Å². The fraction of sp³-hybridized carbons (Fsp3) is 0.250. The molecule has 0 saturated heterocycles. The number of hydrogen-bond acceptors (Lipinski definition) is 3. The predicted molar refractivity (Wildman–Crippen MR) is 87.1 cm³/mol. The van der Waals surface area contributed by atoms with Gasteiger partial charge in [-0.3, -0.25) is 4.31 Å². The fourth-order valence-electron chi connectivity index (χ4n) is 2.49. The van der Waals surface area contributed by atoms with E-state index in [0.29, 0.717) is 22.5 Å². The van der Waals surface area contributed by atoms with Crippen molar-refractivity contribution in [2.24, 2.45) is 0 Å². The zero-order chi connectivity index (χ0) is 15.8. The first-order valence-electron chi connectivity index (χ1n) is 6.67. The van der Waals surface area contributed by atoms with Gasteiger partial charge in [0.05, 0.1) is 10.6 Å². The van der Waals surface area contributed by atoms with Crippen LogP contribution in [0.5, 0.6) is 0 Å². The molecule has 0 heterocycles. The monoisotopic (exact) mass is 304 g/mol. The maximum atomic E-state index is 12.9. The summed E-state index contributed by atoms with van der Waals surface area (Å²) in [7, 11) is -2.08. The summed E-state index contributed by atoms with van der Waals surface area (Å²) >= 11 is 0. The van der Waals surface area contributed by atoms with E-state index in [-0.39, 0.29) is 4.90 Å². The third-order valence-corrected chi connectivity index (χ3v) is 5.77. The number of sulfonamides is 1. The predicted octanol–water partition coefficient (Wildman–Crippen LogP) is 3.02. The molecular weight excluding hydrogens is 284 g/mol. The first-order chi connectivity index (χ1) is 9.76. The molecule has 0 radical (unpaired) electrons. The van der Waals surface area contributed by atoms with Crippen LogP contribution in [0.25, 0.3) is 0 Å². The van der Waals surface area contributed by atoms with Crippen LogP contribution < -0.4 is 10.0 Å². The quantitative estimate of drug-likeness (QED) is 0.887. The van der Waals surface area contributed by atoms with Gasteiger partial charge in [-0.15, -0.1) is 0 Å². The standard InChI is InChI=1S/C16H20N2O2S/c1-11-10-12(2)16(13(3)15(11)17)21(19,20)18(4)14-8-6-5-7-9-14/h5-10H,17H2,1-4H3. The maximum Gasteiger partial charge on any atom is 0.264 e. The number of para-hydroxylation sites is 1. The summed E-state index contributed by atoms with van der Waals surface area (Å²) < 4.78 is 27.1. The molecule has 0 unspecified atom stereocenters. The second-order valence-electron chi connectivity index (χ2n) is 5.19. The fourth-order valence-corrected chi connectivity index (χ4v) is 4.13. The Morgan fingerprint density at radius 2 is 1.57 bits per heavy atom. The molecule has 0 aliphatic carbocycles. The molecule has 0 bridgehead atoms. The van der Waals surface area contributed by atoms with Crippen molar-refractivity contribution in [3.8, 4) is 0 Å². The molecule has 2 aromatic rings. The van der Waals surface area contributed by atoms with Crippen LogP contribution in [-0.4, -0.2) is 15.5 Å². The second kappa shape index (κ2) is 5.41. The van der Waals surface area contributed by atoms with E-state index in [4.69, 9.17) is 5.73 Å². The molecular formula is C16H20N2O2S. The minimum absolute atomic E-state index is 0.289. The maximum absolute atomic E-state index is 12.9. The average Bonchev–Trinajstić information content (AvgIpc) is 2.44. The van der Waals surface area contributed by atoms with Crippen molar-refractivity contribution in [3.63, 3.8) is 0 Å². The van der Waals surface area contributed by atoms with Crippen molar-refractivity contribution in [1.29, 1.82) is 0 Å². The van der Waals surface area contributed by atoms with E-state index in [1.807, 2.05) is 31.2 Å². The van der Waals surface area contributed by atoms with Gasteiger partial charge in [0, 0.05) is 12.7 Å². The second-order valence-corrected chi connectivity index (χ2v) is 7.09. The minimum atomic E-state index is -3.64. The van der Waals surface area contributed by atoms with Gasteiger partial charge in [0.15, 0.2) is 0 Å². The Labute approximate surface area is 126 Å². The molecule has 5 heteroatoms. The van der Waals surface area contributed by atoms with Gasteiger partial charge in [0.2, 0.25) is 0 Å². The molecule has 2 rings (SSSR count). The SMILES string of the molecule is Cc1cc(C)c(S(=O)(=O)N(C)c2ccccc2)c(C)c1N. The van der Waals surface area contributed by atoms with Crippen molar-refractivity contribution in [2.45, 2.75) is 25.7 Å². The summed E-state index contributed by atoms with van der Waals surface area (Å²) in [5, 5.41) is 0. The molecule has 4 nitrogen and oxygen atoms in total. The van der Waals surface area contributed by atoms with Gasteiger partial charge in [-0.05, 0) is 49.6 Å². The lowest BCUT2D eigenvalue weighted by atomic mass is 10.1. The molecule has 0 amide bonds. The number of benzene rings is 2. The molecule has 0 fully saturated rings. The number of aryl methyl sites for hydroxylation is 2. The largest absolute Gasteiger partial charge is 0.398 e. The Bertz CT molecular complexity index is 769. The van der Waals surface area contributed by atoms with E-state index in [2.05, 4.69) is 0 Å². The lowest BCUT2D eigenvalue weighted by Crippen LogP contribution is -2.28. The van der Waals surface area contributed by atoms with Crippen LogP contribution in [0.3, 0.4) is 0 Å². The van der Waals surface area contributed by atoms with Crippen LogP contribution in [0.4, 0.5) is 11.4 Å². The summed E-state index contributed by atoms with van der Waals surface area (Å²) in [4.78, 5) is 0.289. The van der Waals surface area contributed by atoms with Gasteiger partial charge in [-0.1, -0.05) is 24.3 Å². The van der Waals surface area contributed by atoms with Crippen LogP contribution in [0.1, 0.15) is 16.7 Å². The number of nitrogens with zero attached hydrogens (tertiary/aromatic N) is 1. The van der Waals surface area contributed by atoms with Crippen LogP contribution in [0, 0.1) is 20.8 Å². The summed E-state index contributed by atoms with van der Waals surface area (Å²) in [6.45, 7) is 5.43. The highest BCUT2D eigenvalue weighted by Crippen LogP contribution is 2.31. The van der Waals surface area contributed by atoms with Gasteiger partial charge in [-0.25, -0.2) is 8.42 Å². The summed E-state index contributed by atoms with van der Waals surface area (Å²) in [6.07, 6.45) is 0. The molecule has 0 aliphatic heterocycles. The smallest absolute Gasteiger partial charge is 0.264 e. The molecule has 2 aromatic carbocycles. The molecule has 112 valence electrons. The lowest BCUT2D eigenvalue weighted by Gasteiger charge is -2.23. The molecule has 2 N–H and O–H groups in total. The third kappa shape index (κ3) is 2.61. The molecule has 0 atom stereocenters. The number of nitrogen functional groups attached to an aromatic ring is 1. The first kappa shape index (κ1) is 15.4. The highest BCUT2D eigenvalue weighted by atomic mass is 32.2. The molecule has 21 heavy (non-hydrogen) atoms. The van der Waals surface area contributed by atoms with E-state index in [0.717, 1.165) is 5.56 Å². The van der Waals surface area contributed by atoms with Crippen molar-refractivity contribution in [1.82, 2.24) is 0 Å². The highest BCUT2D eigenvalue weighted by Gasteiger charge is 2.26. The average molecular weight is 304 g/mol. The number of nitrogens with two attached hydrogens (primary N) is 1.